The number of hydrogen-bond donors (Lipinski definition) is 2. The zero-order valence-electron chi connectivity index (χ0n) is 11.8. The molecule has 21 heavy (non-hydrogen) atoms. The van der Waals surface area contributed by atoms with Crippen LogP contribution in [-0.2, 0) is 19.9 Å². The Morgan fingerprint density at radius 2 is 2.10 bits per heavy atom. The fourth-order valence-corrected chi connectivity index (χ4v) is 2.37. The second kappa shape index (κ2) is 6.22. The molecule has 0 saturated carbocycles. The Morgan fingerprint density at radius 3 is 2.62 bits per heavy atom. The summed E-state index contributed by atoms with van der Waals surface area (Å²) >= 11 is 0. The highest BCUT2D eigenvalue weighted by Gasteiger charge is 2.37. The summed E-state index contributed by atoms with van der Waals surface area (Å²) in [6.45, 7) is 2.02. The molecule has 1 aromatic carbocycles. The summed E-state index contributed by atoms with van der Waals surface area (Å²) in [5.41, 5.74) is -1.28. The molecular weight excluding hydrogens is 277 g/mol. The molecule has 1 aliphatic heterocycles. The van der Waals surface area contributed by atoms with Crippen molar-refractivity contribution >= 4 is 11.9 Å². The van der Waals surface area contributed by atoms with E-state index in [2.05, 4.69) is 5.32 Å². The van der Waals surface area contributed by atoms with Crippen LogP contribution >= 0.6 is 0 Å². The Balaban J connectivity index is 2.12. The summed E-state index contributed by atoms with van der Waals surface area (Å²) in [4.78, 5) is 23.6. The first-order chi connectivity index (χ1) is 9.91. The second-order valence-corrected chi connectivity index (χ2v) is 5.32. The molecule has 6 heteroatoms. The average Bonchev–Trinajstić information content (AvgIpc) is 2.91. The van der Waals surface area contributed by atoms with Gasteiger partial charge in [-0.3, -0.25) is 4.79 Å². The number of nitrogens with one attached hydrogen (secondary N) is 1. The van der Waals surface area contributed by atoms with E-state index in [9.17, 15) is 19.1 Å². The molecule has 1 amide bonds. The number of amides is 1. The predicted molar refractivity (Wildman–Crippen MR) is 73.1 cm³/mol. The second-order valence-electron chi connectivity index (χ2n) is 5.32. The van der Waals surface area contributed by atoms with E-state index in [1.807, 2.05) is 0 Å². The molecule has 2 rings (SSSR count). The van der Waals surface area contributed by atoms with Crippen molar-refractivity contribution in [2.75, 3.05) is 6.61 Å². The van der Waals surface area contributed by atoms with Crippen LogP contribution in [0.5, 0.6) is 0 Å². The van der Waals surface area contributed by atoms with Gasteiger partial charge >= 0.3 is 5.97 Å². The van der Waals surface area contributed by atoms with Crippen molar-refractivity contribution < 1.29 is 23.8 Å². The monoisotopic (exact) mass is 295 g/mol. The van der Waals surface area contributed by atoms with Crippen LogP contribution in [0.4, 0.5) is 4.39 Å². The number of hydrogen-bond acceptors (Lipinski definition) is 3. The third-order valence-corrected chi connectivity index (χ3v) is 3.68. The van der Waals surface area contributed by atoms with E-state index in [0.717, 1.165) is 12.8 Å². The first kappa shape index (κ1) is 15.4. The van der Waals surface area contributed by atoms with Gasteiger partial charge in [-0.05, 0) is 37.5 Å². The topological polar surface area (TPSA) is 75.6 Å². The van der Waals surface area contributed by atoms with Crippen LogP contribution < -0.4 is 5.32 Å². The molecule has 1 fully saturated rings. The molecule has 1 saturated heterocycles. The van der Waals surface area contributed by atoms with Gasteiger partial charge in [-0.25, -0.2) is 9.18 Å². The lowest BCUT2D eigenvalue weighted by atomic mass is 9.91. The van der Waals surface area contributed by atoms with Gasteiger partial charge in [-0.1, -0.05) is 12.1 Å². The first-order valence-electron chi connectivity index (χ1n) is 6.84. The van der Waals surface area contributed by atoms with E-state index < -0.39 is 23.2 Å². The van der Waals surface area contributed by atoms with Crippen LogP contribution in [-0.4, -0.2) is 29.7 Å². The number of carbonyl (C=O) groups excluding carboxylic acids is 1. The van der Waals surface area contributed by atoms with Crippen molar-refractivity contribution in [3.8, 4) is 0 Å². The van der Waals surface area contributed by atoms with E-state index in [-0.39, 0.29) is 12.5 Å². The zero-order chi connectivity index (χ0) is 15.5. The first-order valence-corrected chi connectivity index (χ1v) is 6.84. The molecule has 0 aromatic heterocycles. The largest absolute Gasteiger partial charge is 0.479 e. The highest BCUT2D eigenvalue weighted by atomic mass is 19.1. The maximum atomic E-state index is 13.0. The minimum atomic E-state index is -1.59. The van der Waals surface area contributed by atoms with E-state index >= 15 is 0 Å². The van der Waals surface area contributed by atoms with Gasteiger partial charge in [0.25, 0.3) is 0 Å². The Hall–Kier alpha value is -1.95. The molecule has 5 nitrogen and oxygen atoms in total. The summed E-state index contributed by atoms with van der Waals surface area (Å²) < 4.78 is 18.3. The average molecular weight is 295 g/mol. The maximum absolute atomic E-state index is 13.0. The minimum absolute atomic E-state index is 0.129. The molecule has 2 N–H and O–H groups in total. The lowest BCUT2D eigenvalue weighted by molar-refractivity contribution is -0.147. The molecule has 0 radical (unpaired) electrons. The van der Waals surface area contributed by atoms with E-state index in [1.165, 1.54) is 31.2 Å². The Morgan fingerprint density at radius 1 is 1.43 bits per heavy atom. The SMILES string of the molecule is CC(NC(=O)CC1CCCO1)(C(=O)O)c1ccc(F)cc1. The van der Waals surface area contributed by atoms with Gasteiger partial charge in [0, 0.05) is 6.61 Å². The van der Waals surface area contributed by atoms with Gasteiger partial charge in [0.05, 0.1) is 12.5 Å². The summed E-state index contributed by atoms with van der Waals surface area (Å²) in [6, 6.07) is 5.05. The normalized spacial score (nSPS) is 20.8. The third kappa shape index (κ3) is 3.58. The van der Waals surface area contributed by atoms with Crippen molar-refractivity contribution in [3.63, 3.8) is 0 Å². The number of ether oxygens (including phenoxy) is 1. The summed E-state index contributed by atoms with van der Waals surface area (Å²) in [7, 11) is 0. The van der Waals surface area contributed by atoms with Crippen molar-refractivity contribution in [3.05, 3.63) is 35.6 Å². The van der Waals surface area contributed by atoms with Crippen molar-refractivity contribution in [1.82, 2.24) is 5.32 Å². The highest BCUT2D eigenvalue weighted by molar-refractivity contribution is 5.88. The molecule has 1 aromatic rings. The summed E-state index contributed by atoms with van der Waals surface area (Å²) in [5, 5.41) is 11.9. The number of rotatable bonds is 5. The molecule has 2 unspecified atom stereocenters. The van der Waals surface area contributed by atoms with Crippen molar-refractivity contribution in [1.29, 1.82) is 0 Å². The number of aliphatic carboxylic acids is 1. The number of carbonyl (C=O) groups is 2. The molecule has 0 spiro atoms. The molecule has 1 heterocycles. The van der Waals surface area contributed by atoms with Crippen LogP contribution in [0.3, 0.4) is 0 Å². The van der Waals surface area contributed by atoms with Crippen molar-refractivity contribution in [2.45, 2.75) is 37.8 Å². The minimum Gasteiger partial charge on any atom is -0.479 e. The number of carboxylic acid groups (broad SMARTS) is 1. The maximum Gasteiger partial charge on any atom is 0.333 e. The quantitative estimate of drug-likeness (QED) is 0.868. The van der Waals surface area contributed by atoms with Gasteiger partial charge in [0.1, 0.15) is 5.82 Å². The van der Waals surface area contributed by atoms with Crippen molar-refractivity contribution in [2.24, 2.45) is 0 Å². The fraction of sp³-hybridized carbons (Fsp3) is 0.467. The molecule has 2 atom stereocenters. The Bertz CT molecular complexity index is 525. The van der Waals surface area contributed by atoms with E-state index in [1.54, 1.807) is 0 Å². The van der Waals surface area contributed by atoms with Gasteiger partial charge < -0.3 is 15.2 Å². The predicted octanol–water partition coefficient (Wildman–Crippen LogP) is 1.81. The lowest BCUT2D eigenvalue weighted by Gasteiger charge is -2.27. The highest BCUT2D eigenvalue weighted by Crippen LogP contribution is 2.23. The third-order valence-electron chi connectivity index (χ3n) is 3.68. The zero-order valence-corrected chi connectivity index (χ0v) is 11.8. The van der Waals surface area contributed by atoms with Crippen LogP contribution in [0, 0.1) is 5.82 Å². The van der Waals surface area contributed by atoms with Gasteiger partial charge in [0.2, 0.25) is 5.91 Å². The van der Waals surface area contributed by atoms with Crippen LogP contribution in [0.1, 0.15) is 31.7 Å². The van der Waals surface area contributed by atoms with E-state index in [0.29, 0.717) is 12.2 Å². The molecule has 0 bridgehead atoms. The molecule has 1 aliphatic rings. The smallest absolute Gasteiger partial charge is 0.333 e. The molecule has 0 aliphatic carbocycles. The van der Waals surface area contributed by atoms with Gasteiger partial charge in [0.15, 0.2) is 5.54 Å². The summed E-state index contributed by atoms with van der Waals surface area (Å²) in [5.74, 6) is -2.05. The Labute approximate surface area is 122 Å². The fourth-order valence-electron chi connectivity index (χ4n) is 2.37. The number of carboxylic acids is 1. The van der Waals surface area contributed by atoms with Crippen LogP contribution in [0.2, 0.25) is 0 Å². The Kier molecular flexibility index (Phi) is 4.57. The lowest BCUT2D eigenvalue weighted by Crippen LogP contribution is -2.50. The van der Waals surface area contributed by atoms with Gasteiger partial charge in [-0.15, -0.1) is 0 Å². The van der Waals surface area contributed by atoms with Crippen LogP contribution in [0.15, 0.2) is 24.3 Å². The standard InChI is InChI=1S/C15H18FNO4/c1-15(14(19)20,10-4-6-11(16)7-5-10)17-13(18)9-12-3-2-8-21-12/h4-7,12H,2-3,8-9H2,1H3,(H,17,18)(H,19,20). The van der Waals surface area contributed by atoms with Crippen LogP contribution in [0.25, 0.3) is 0 Å². The molecular formula is C15H18FNO4. The van der Waals surface area contributed by atoms with E-state index in [4.69, 9.17) is 4.74 Å². The van der Waals surface area contributed by atoms with Gasteiger partial charge in [-0.2, -0.15) is 0 Å². The number of benzene rings is 1. The number of halogens is 1. The summed E-state index contributed by atoms with van der Waals surface area (Å²) in [6.07, 6.45) is 1.68. The molecule has 114 valence electrons.